The largest absolute Gasteiger partial charge is 0.481 e. The average molecular weight is 258 g/mol. The zero-order valence-electron chi connectivity index (χ0n) is 8.25. The molecule has 0 aromatic heterocycles. The van der Waals surface area contributed by atoms with Gasteiger partial charge in [-0.15, -0.1) is 11.7 Å². The summed E-state index contributed by atoms with van der Waals surface area (Å²) in [6, 6.07) is 6.93. The molecule has 0 amide bonds. The molecular weight excluding hydrogens is 248 g/mol. The lowest BCUT2D eigenvalue weighted by molar-refractivity contribution is -0.142. The summed E-state index contributed by atoms with van der Waals surface area (Å²) in [5.74, 6) is -1.18. The number of carboxylic acids is 1. The van der Waals surface area contributed by atoms with Gasteiger partial charge in [0.25, 0.3) is 0 Å². The molecule has 0 atom stereocenters. The lowest BCUT2D eigenvalue weighted by Gasteiger charge is -2.06. The van der Waals surface area contributed by atoms with Crippen molar-refractivity contribution in [2.45, 2.75) is 17.7 Å². The Bertz CT molecular complexity index is 392. The number of para-hydroxylation sites is 1. The second-order valence-electron chi connectivity index (χ2n) is 2.91. The van der Waals surface area contributed by atoms with Gasteiger partial charge >= 0.3 is 11.9 Å². The standard InChI is InChI=1S/C10H10O4S2/c11-9(12)5-6-10(13)14-7-3-1-2-4-8(7)16-15/h1-4,15H,5-6H2,(H,11,12). The van der Waals surface area contributed by atoms with Crippen LogP contribution in [-0.2, 0) is 9.59 Å². The number of carbonyl (C=O) groups is 2. The zero-order valence-corrected chi connectivity index (χ0v) is 9.96. The monoisotopic (exact) mass is 258 g/mol. The maximum absolute atomic E-state index is 11.3. The average Bonchev–Trinajstić information content (AvgIpc) is 2.27. The minimum atomic E-state index is -1.02. The van der Waals surface area contributed by atoms with E-state index in [9.17, 15) is 9.59 Å². The molecule has 1 N–H and O–H groups in total. The van der Waals surface area contributed by atoms with Crippen LogP contribution < -0.4 is 4.74 Å². The lowest BCUT2D eigenvalue weighted by Crippen LogP contribution is -2.10. The Morgan fingerprint density at radius 1 is 1.31 bits per heavy atom. The van der Waals surface area contributed by atoms with Crippen LogP contribution in [0.5, 0.6) is 5.75 Å². The van der Waals surface area contributed by atoms with Gasteiger partial charge in [0.1, 0.15) is 5.75 Å². The highest BCUT2D eigenvalue weighted by atomic mass is 33.1. The van der Waals surface area contributed by atoms with Crippen LogP contribution >= 0.6 is 22.5 Å². The summed E-state index contributed by atoms with van der Waals surface area (Å²) in [5, 5.41) is 8.41. The third-order valence-corrected chi connectivity index (χ3v) is 2.84. The second kappa shape index (κ2) is 6.44. The number of rotatable bonds is 5. The van der Waals surface area contributed by atoms with Crippen LogP contribution in [0.4, 0.5) is 0 Å². The Morgan fingerprint density at radius 2 is 2.00 bits per heavy atom. The van der Waals surface area contributed by atoms with Gasteiger partial charge < -0.3 is 9.84 Å². The van der Waals surface area contributed by atoms with E-state index in [-0.39, 0.29) is 12.8 Å². The molecule has 0 saturated carbocycles. The highest BCUT2D eigenvalue weighted by molar-refractivity contribution is 8.68. The number of hydrogen-bond acceptors (Lipinski definition) is 5. The third kappa shape index (κ3) is 4.16. The van der Waals surface area contributed by atoms with Crippen LogP contribution in [-0.4, -0.2) is 17.0 Å². The Hall–Kier alpha value is -1.14. The van der Waals surface area contributed by atoms with Crippen molar-refractivity contribution in [1.29, 1.82) is 0 Å². The first-order chi connectivity index (χ1) is 7.63. The number of ether oxygens (including phenoxy) is 1. The summed E-state index contributed by atoms with van der Waals surface area (Å²) < 4.78 is 5.01. The van der Waals surface area contributed by atoms with Crippen LogP contribution in [0.2, 0.25) is 0 Å². The molecule has 0 radical (unpaired) electrons. The van der Waals surface area contributed by atoms with E-state index < -0.39 is 11.9 Å². The Balaban J connectivity index is 2.58. The van der Waals surface area contributed by atoms with Gasteiger partial charge in [-0.3, -0.25) is 9.59 Å². The number of carboxylic acid groups (broad SMARTS) is 1. The smallest absolute Gasteiger partial charge is 0.311 e. The Labute approximate surface area is 102 Å². The van der Waals surface area contributed by atoms with E-state index in [1.165, 1.54) is 0 Å². The highest BCUT2D eigenvalue weighted by Gasteiger charge is 2.10. The molecule has 0 aliphatic rings. The van der Waals surface area contributed by atoms with Gasteiger partial charge in [-0.2, -0.15) is 0 Å². The Morgan fingerprint density at radius 3 is 2.62 bits per heavy atom. The first kappa shape index (κ1) is 12.9. The minimum Gasteiger partial charge on any atom is -0.481 e. The van der Waals surface area contributed by atoms with Crippen molar-refractivity contribution < 1.29 is 19.4 Å². The number of aliphatic carboxylic acids is 1. The van der Waals surface area contributed by atoms with Crippen LogP contribution in [0.25, 0.3) is 0 Å². The molecule has 0 heterocycles. The predicted octanol–water partition coefficient (Wildman–Crippen LogP) is 2.39. The molecule has 6 heteroatoms. The first-order valence-electron chi connectivity index (χ1n) is 4.46. The van der Waals surface area contributed by atoms with Crippen LogP contribution in [0.3, 0.4) is 0 Å². The van der Waals surface area contributed by atoms with Gasteiger partial charge in [-0.25, -0.2) is 0 Å². The number of benzene rings is 1. The van der Waals surface area contributed by atoms with Crippen molar-refractivity contribution >= 4 is 34.4 Å². The van der Waals surface area contributed by atoms with Gasteiger partial charge in [0.2, 0.25) is 0 Å². The SMILES string of the molecule is O=C(O)CCC(=O)Oc1ccccc1SS. The van der Waals surface area contributed by atoms with Crippen molar-refractivity contribution in [2.75, 3.05) is 0 Å². The lowest BCUT2D eigenvalue weighted by atomic mass is 10.3. The quantitative estimate of drug-likeness (QED) is 0.367. The maximum Gasteiger partial charge on any atom is 0.311 e. The van der Waals surface area contributed by atoms with E-state index in [0.717, 1.165) is 15.7 Å². The fourth-order valence-corrected chi connectivity index (χ4v) is 1.78. The number of thiol groups is 1. The molecule has 0 aliphatic heterocycles. The van der Waals surface area contributed by atoms with Crippen molar-refractivity contribution in [3.63, 3.8) is 0 Å². The molecule has 0 unspecified atom stereocenters. The van der Waals surface area contributed by atoms with E-state index in [1.807, 2.05) is 0 Å². The molecule has 4 nitrogen and oxygen atoms in total. The topological polar surface area (TPSA) is 63.6 Å². The predicted molar refractivity (Wildman–Crippen MR) is 63.8 cm³/mol. The summed E-state index contributed by atoms with van der Waals surface area (Å²) >= 11 is 4.02. The highest BCUT2D eigenvalue weighted by Crippen LogP contribution is 2.31. The van der Waals surface area contributed by atoms with E-state index in [0.29, 0.717) is 5.75 Å². The van der Waals surface area contributed by atoms with Crippen molar-refractivity contribution in [1.82, 2.24) is 0 Å². The molecule has 1 rings (SSSR count). The molecule has 1 aromatic carbocycles. The summed E-state index contributed by atoms with van der Waals surface area (Å²) in [7, 11) is 1.16. The number of esters is 1. The van der Waals surface area contributed by atoms with Crippen molar-refractivity contribution in [2.24, 2.45) is 0 Å². The Kier molecular flexibility index (Phi) is 5.21. The van der Waals surface area contributed by atoms with Gasteiger partial charge in [-0.05, 0) is 12.1 Å². The van der Waals surface area contributed by atoms with Crippen LogP contribution in [0.15, 0.2) is 29.2 Å². The molecule has 0 saturated heterocycles. The summed E-state index contributed by atoms with van der Waals surface area (Å²) in [5.41, 5.74) is 0. The fraction of sp³-hybridized carbons (Fsp3) is 0.200. The molecular formula is C10H10O4S2. The molecule has 1 aromatic rings. The van der Waals surface area contributed by atoms with Crippen molar-refractivity contribution in [3.8, 4) is 5.75 Å². The van der Waals surface area contributed by atoms with Crippen molar-refractivity contribution in [3.05, 3.63) is 24.3 Å². The molecule has 86 valence electrons. The van der Waals surface area contributed by atoms with Gasteiger partial charge in [0.15, 0.2) is 0 Å². The first-order valence-corrected chi connectivity index (χ1v) is 6.33. The van der Waals surface area contributed by atoms with E-state index in [2.05, 4.69) is 11.7 Å². The van der Waals surface area contributed by atoms with Gasteiger partial charge in [-0.1, -0.05) is 22.9 Å². The summed E-state index contributed by atoms with van der Waals surface area (Å²) in [4.78, 5) is 22.2. The van der Waals surface area contributed by atoms with E-state index in [1.54, 1.807) is 24.3 Å². The van der Waals surface area contributed by atoms with Gasteiger partial charge in [0, 0.05) is 0 Å². The van der Waals surface area contributed by atoms with E-state index in [4.69, 9.17) is 9.84 Å². The summed E-state index contributed by atoms with van der Waals surface area (Å²) in [6.07, 6.45) is -0.365. The minimum absolute atomic E-state index is 0.138. The zero-order chi connectivity index (χ0) is 12.0. The molecule has 0 fully saturated rings. The third-order valence-electron chi connectivity index (χ3n) is 1.71. The molecule has 0 spiro atoms. The summed E-state index contributed by atoms with van der Waals surface area (Å²) in [6.45, 7) is 0. The molecule has 16 heavy (non-hydrogen) atoms. The van der Waals surface area contributed by atoms with Gasteiger partial charge in [0.05, 0.1) is 17.7 Å². The number of hydrogen-bond donors (Lipinski definition) is 2. The van der Waals surface area contributed by atoms with E-state index >= 15 is 0 Å². The normalized spacial score (nSPS) is 9.81. The fourth-order valence-electron chi connectivity index (χ4n) is 0.993. The van der Waals surface area contributed by atoms with Crippen LogP contribution in [0.1, 0.15) is 12.8 Å². The maximum atomic E-state index is 11.3. The molecule has 0 aliphatic carbocycles. The second-order valence-corrected chi connectivity index (χ2v) is 4.08. The number of carbonyl (C=O) groups excluding carboxylic acids is 1. The molecule has 0 bridgehead atoms. The van der Waals surface area contributed by atoms with Crippen LogP contribution in [0, 0.1) is 0 Å².